The second-order valence-electron chi connectivity index (χ2n) is 7.41. The molecule has 2 N–H and O–H groups in total. The number of benzene rings is 3. The lowest BCUT2D eigenvalue weighted by Crippen LogP contribution is -2.19. The maximum atomic E-state index is 12.9. The van der Waals surface area contributed by atoms with Crippen LogP contribution in [-0.2, 0) is 11.2 Å². The first-order valence-corrected chi connectivity index (χ1v) is 11.1. The first kappa shape index (κ1) is 21.5. The zero-order valence-corrected chi connectivity index (χ0v) is 18.7. The average Bonchev–Trinajstić information content (AvgIpc) is 3.23. The number of nitrogens with zero attached hydrogens (tertiary/aromatic N) is 1. The third-order valence-electron chi connectivity index (χ3n) is 5.00. The van der Waals surface area contributed by atoms with Gasteiger partial charge in [-0.15, -0.1) is 11.3 Å². The maximum Gasteiger partial charge on any atom is 0.251 e. The van der Waals surface area contributed by atoms with Crippen LogP contribution in [0.3, 0.4) is 0 Å². The molecule has 0 radical (unpaired) electrons. The van der Waals surface area contributed by atoms with Crippen molar-refractivity contribution in [1.82, 2.24) is 10.3 Å². The number of hydrogen-bond donors (Lipinski definition) is 2. The van der Waals surface area contributed by atoms with Crippen molar-refractivity contribution in [2.24, 2.45) is 0 Å². The molecule has 160 valence electrons. The summed E-state index contributed by atoms with van der Waals surface area (Å²) in [6, 6.07) is 25.1. The van der Waals surface area contributed by atoms with Gasteiger partial charge in [0.25, 0.3) is 5.91 Å². The van der Waals surface area contributed by atoms with E-state index in [9.17, 15) is 9.59 Å². The van der Waals surface area contributed by atoms with Crippen LogP contribution in [0.4, 0.5) is 5.69 Å². The number of rotatable bonds is 6. The Labute approximate surface area is 191 Å². The molecule has 5 nitrogen and oxygen atoms in total. The van der Waals surface area contributed by atoms with Gasteiger partial charge in [-0.05, 0) is 30.7 Å². The van der Waals surface area contributed by atoms with E-state index in [4.69, 9.17) is 4.98 Å². The second kappa shape index (κ2) is 9.58. The highest BCUT2D eigenvalue weighted by Crippen LogP contribution is 2.36. The van der Waals surface area contributed by atoms with Gasteiger partial charge >= 0.3 is 0 Å². The molecule has 0 aliphatic rings. The smallest absolute Gasteiger partial charge is 0.251 e. The Morgan fingerprint density at radius 1 is 0.906 bits per heavy atom. The molecule has 4 aromatic rings. The highest BCUT2D eigenvalue weighted by molar-refractivity contribution is 7.18. The number of aryl methyl sites for hydroxylation is 1. The minimum absolute atomic E-state index is 0.136. The van der Waals surface area contributed by atoms with Crippen molar-refractivity contribution < 1.29 is 9.59 Å². The monoisotopic (exact) mass is 441 g/mol. The standard InChI is InChI=1S/C26H23N3O2S/c1-17-11-13-18(14-12-17)24-22(29-26(32-24)19-7-4-3-5-8-19)16-23(30)28-21-10-6-9-20(15-21)25(31)27-2/h3-15H,16H2,1-2H3,(H,27,31)(H,28,30). The highest BCUT2D eigenvalue weighted by atomic mass is 32.1. The molecular weight excluding hydrogens is 418 g/mol. The van der Waals surface area contributed by atoms with Crippen molar-refractivity contribution in [3.63, 3.8) is 0 Å². The molecule has 0 spiro atoms. The molecule has 0 bridgehead atoms. The number of nitrogens with one attached hydrogen (secondary N) is 2. The summed E-state index contributed by atoms with van der Waals surface area (Å²) in [6.45, 7) is 2.05. The summed E-state index contributed by atoms with van der Waals surface area (Å²) in [7, 11) is 1.58. The van der Waals surface area contributed by atoms with E-state index in [0.29, 0.717) is 11.3 Å². The summed E-state index contributed by atoms with van der Waals surface area (Å²) >= 11 is 1.59. The molecular formula is C26H23N3O2S. The Bertz CT molecular complexity index is 1250. The van der Waals surface area contributed by atoms with E-state index in [-0.39, 0.29) is 18.2 Å². The van der Waals surface area contributed by atoms with Crippen molar-refractivity contribution in [2.45, 2.75) is 13.3 Å². The lowest BCUT2D eigenvalue weighted by Gasteiger charge is -2.07. The second-order valence-corrected chi connectivity index (χ2v) is 8.41. The van der Waals surface area contributed by atoms with E-state index in [1.165, 1.54) is 5.56 Å². The summed E-state index contributed by atoms with van der Waals surface area (Å²) in [4.78, 5) is 30.5. The minimum Gasteiger partial charge on any atom is -0.355 e. The summed E-state index contributed by atoms with van der Waals surface area (Å²) in [5.74, 6) is -0.382. The van der Waals surface area contributed by atoms with Crippen molar-refractivity contribution in [3.8, 4) is 21.0 Å². The largest absolute Gasteiger partial charge is 0.355 e. The third kappa shape index (κ3) is 4.92. The van der Waals surface area contributed by atoms with Crippen LogP contribution in [0.15, 0.2) is 78.9 Å². The molecule has 1 heterocycles. The first-order chi connectivity index (χ1) is 15.5. The van der Waals surface area contributed by atoms with Crippen LogP contribution in [0.25, 0.3) is 21.0 Å². The fourth-order valence-electron chi connectivity index (χ4n) is 3.35. The van der Waals surface area contributed by atoms with Gasteiger partial charge in [0.1, 0.15) is 5.01 Å². The fourth-order valence-corrected chi connectivity index (χ4v) is 4.44. The van der Waals surface area contributed by atoms with Gasteiger partial charge in [-0.3, -0.25) is 9.59 Å². The Balaban J connectivity index is 1.62. The van der Waals surface area contributed by atoms with Gasteiger partial charge in [-0.25, -0.2) is 4.98 Å². The molecule has 4 rings (SSSR count). The Hall–Kier alpha value is -3.77. The molecule has 0 aliphatic heterocycles. The summed E-state index contributed by atoms with van der Waals surface area (Å²) in [5, 5.41) is 6.36. The Kier molecular flexibility index (Phi) is 6.42. The molecule has 0 saturated heterocycles. The quantitative estimate of drug-likeness (QED) is 0.425. The lowest BCUT2D eigenvalue weighted by atomic mass is 10.1. The molecule has 0 unspecified atom stereocenters. The van der Waals surface area contributed by atoms with Gasteiger partial charge in [0, 0.05) is 23.9 Å². The van der Waals surface area contributed by atoms with Crippen molar-refractivity contribution in [1.29, 1.82) is 0 Å². The van der Waals surface area contributed by atoms with Gasteiger partial charge in [0.2, 0.25) is 5.91 Å². The van der Waals surface area contributed by atoms with E-state index < -0.39 is 0 Å². The average molecular weight is 442 g/mol. The number of carbonyl (C=O) groups excluding carboxylic acids is 2. The molecule has 32 heavy (non-hydrogen) atoms. The SMILES string of the molecule is CNC(=O)c1cccc(NC(=O)Cc2nc(-c3ccccc3)sc2-c2ccc(C)cc2)c1. The zero-order valence-electron chi connectivity index (χ0n) is 17.9. The number of thiazole rings is 1. The highest BCUT2D eigenvalue weighted by Gasteiger charge is 2.17. The molecule has 3 aromatic carbocycles. The fraction of sp³-hybridized carbons (Fsp3) is 0.115. The predicted octanol–water partition coefficient (Wildman–Crippen LogP) is 5.33. The topological polar surface area (TPSA) is 71.1 Å². The Morgan fingerprint density at radius 2 is 1.66 bits per heavy atom. The molecule has 0 aliphatic carbocycles. The van der Waals surface area contributed by atoms with Crippen LogP contribution in [0.2, 0.25) is 0 Å². The summed E-state index contributed by atoms with van der Waals surface area (Å²) < 4.78 is 0. The minimum atomic E-state index is -0.199. The van der Waals surface area contributed by atoms with Crippen LogP contribution in [0.1, 0.15) is 21.6 Å². The number of hydrogen-bond acceptors (Lipinski definition) is 4. The van der Waals surface area contributed by atoms with Crippen molar-refractivity contribution >= 4 is 28.8 Å². The summed E-state index contributed by atoms with van der Waals surface area (Å²) in [6.07, 6.45) is 0.136. The van der Waals surface area contributed by atoms with Crippen LogP contribution in [-0.4, -0.2) is 23.8 Å². The van der Waals surface area contributed by atoms with E-state index in [1.54, 1.807) is 42.6 Å². The van der Waals surface area contributed by atoms with Gasteiger partial charge in [-0.1, -0.05) is 66.2 Å². The first-order valence-electron chi connectivity index (χ1n) is 10.3. The van der Waals surface area contributed by atoms with Gasteiger partial charge in [0.15, 0.2) is 0 Å². The van der Waals surface area contributed by atoms with Gasteiger partial charge < -0.3 is 10.6 Å². The van der Waals surface area contributed by atoms with Crippen molar-refractivity contribution in [3.05, 3.63) is 95.7 Å². The Morgan fingerprint density at radius 3 is 2.38 bits per heavy atom. The van der Waals surface area contributed by atoms with E-state index >= 15 is 0 Å². The normalized spacial score (nSPS) is 10.6. The van der Waals surface area contributed by atoms with E-state index in [0.717, 1.165) is 26.7 Å². The van der Waals surface area contributed by atoms with Crippen molar-refractivity contribution in [2.75, 3.05) is 12.4 Å². The van der Waals surface area contributed by atoms with Crippen LogP contribution >= 0.6 is 11.3 Å². The third-order valence-corrected chi connectivity index (χ3v) is 6.19. The molecule has 0 fully saturated rings. The van der Waals surface area contributed by atoms with Crippen LogP contribution in [0.5, 0.6) is 0 Å². The molecule has 1 aromatic heterocycles. The maximum absolute atomic E-state index is 12.9. The van der Waals surface area contributed by atoms with Gasteiger partial charge in [-0.2, -0.15) is 0 Å². The molecule has 0 saturated carbocycles. The number of amides is 2. The lowest BCUT2D eigenvalue weighted by molar-refractivity contribution is -0.115. The number of anilines is 1. The van der Waals surface area contributed by atoms with E-state index in [1.807, 2.05) is 37.3 Å². The van der Waals surface area contributed by atoms with Crippen LogP contribution < -0.4 is 10.6 Å². The molecule has 0 atom stereocenters. The molecule has 2 amide bonds. The van der Waals surface area contributed by atoms with Gasteiger partial charge in [0.05, 0.1) is 17.0 Å². The number of carbonyl (C=O) groups is 2. The predicted molar refractivity (Wildman–Crippen MR) is 130 cm³/mol. The number of aromatic nitrogens is 1. The van der Waals surface area contributed by atoms with E-state index in [2.05, 4.69) is 34.9 Å². The summed E-state index contributed by atoms with van der Waals surface area (Å²) in [5.41, 5.74) is 5.04. The zero-order chi connectivity index (χ0) is 22.5. The van der Waals surface area contributed by atoms with Crippen LogP contribution in [0, 0.1) is 6.92 Å². The molecule has 6 heteroatoms.